The van der Waals surface area contributed by atoms with E-state index >= 15 is 0 Å². The predicted octanol–water partition coefficient (Wildman–Crippen LogP) is 3.45. The Morgan fingerprint density at radius 2 is 1.75 bits per heavy atom. The molecule has 0 saturated carbocycles. The van der Waals surface area contributed by atoms with Crippen molar-refractivity contribution in [3.8, 4) is 0 Å². The highest BCUT2D eigenvalue weighted by Crippen LogP contribution is 2.20. The van der Waals surface area contributed by atoms with Gasteiger partial charge in [0.2, 0.25) is 0 Å². The highest BCUT2D eigenvalue weighted by Gasteiger charge is 2.31. The van der Waals surface area contributed by atoms with Crippen LogP contribution in [0, 0.1) is 0 Å². The van der Waals surface area contributed by atoms with E-state index in [1.54, 1.807) is 0 Å². The molecule has 118 valence electrons. The number of carbonyl (C=O) groups excluding carboxylic acids is 1. The largest absolute Gasteiger partial charge is 0.481 e. The molecule has 0 aromatic rings. The van der Waals surface area contributed by atoms with Gasteiger partial charge in [0.1, 0.15) is 0 Å². The van der Waals surface area contributed by atoms with Crippen molar-refractivity contribution in [1.29, 1.82) is 0 Å². The van der Waals surface area contributed by atoms with Crippen molar-refractivity contribution in [3.63, 3.8) is 0 Å². The van der Waals surface area contributed by atoms with E-state index < -0.39 is 17.5 Å². The maximum absolute atomic E-state index is 14.1. The minimum atomic E-state index is -1.80. The Labute approximate surface area is 121 Å². The van der Waals surface area contributed by atoms with Crippen LogP contribution in [0.3, 0.4) is 0 Å². The van der Waals surface area contributed by atoms with E-state index in [2.05, 4.69) is 12.2 Å². The number of rotatable bonds is 12. The Morgan fingerprint density at radius 3 is 2.35 bits per heavy atom. The average molecular weight is 289 g/mol. The van der Waals surface area contributed by atoms with Crippen LogP contribution < -0.4 is 5.32 Å². The zero-order valence-corrected chi connectivity index (χ0v) is 12.7. The van der Waals surface area contributed by atoms with Crippen molar-refractivity contribution in [2.24, 2.45) is 0 Å². The molecule has 20 heavy (non-hydrogen) atoms. The molecule has 0 fully saturated rings. The van der Waals surface area contributed by atoms with Gasteiger partial charge in [0.15, 0.2) is 5.67 Å². The molecule has 0 spiro atoms. The number of unbranched alkanes of at least 4 members (excludes halogenated alkanes) is 5. The lowest BCUT2D eigenvalue weighted by Gasteiger charge is -2.19. The summed E-state index contributed by atoms with van der Waals surface area (Å²) >= 11 is 0. The molecule has 0 aliphatic carbocycles. The maximum Gasteiger partial charge on any atom is 0.303 e. The summed E-state index contributed by atoms with van der Waals surface area (Å²) in [4.78, 5) is 22.0. The molecule has 1 atom stereocenters. The first-order chi connectivity index (χ1) is 9.40. The number of hydrogen-bond donors (Lipinski definition) is 2. The number of amides is 1. The molecule has 0 aromatic carbocycles. The number of carboxylic acid groups (broad SMARTS) is 1. The van der Waals surface area contributed by atoms with Gasteiger partial charge in [-0.15, -0.1) is 0 Å². The summed E-state index contributed by atoms with van der Waals surface area (Å²) < 4.78 is 14.1. The van der Waals surface area contributed by atoms with Crippen molar-refractivity contribution < 1.29 is 19.1 Å². The van der Waals surface area contributed by atoms with Crippen molar-refractivity contribution in [1.82, 2.24) is 5.32 Å². The van der Waals surface area contributed by atoms with Crippen LogP contribution >= 0.6 is 0 Å². The van der Waals surface area contributed by atoms with E-state index in [1.807, 2.05) is 0 Å². The molecule has 0 bridgehead atoms. The molecule has 5 heteroatoms. The number of nitrogens with one attached hydrogen (secondary N) is 1. The summed E-state index contributed by atoms with van der Waals surface area (Å²) in [5, 5.41) is 11.1. The van der Waals surface area contributed by atoms with Gasteiger partial charge in [0, 0.05) is 13.0 Å². The summed E-state index contributed by atoms with van der Waals surface area (Å²) in [6.07, 6.45) is 6.26. The van der Waals surface area contributed by atoms with E-state index in [4.69, 9.17) is 5.11 Å². The van der Waals surface area contributed by atoms with Gasteiger partial charge in [-0.2, -0.15) is 0 Å². The van der Waals surface area contributed by atoms with Crippen LogP contribution in [0.5, 0.6) is 0 Å². The molecule has 0 aliphatic heterocycles. The zero-order chi connectivity index (χ0) is 15.4. The fourth-order valence-corrected chi connectivity index (χ4v) is 1.96. The molecule has 0 saturated heterocycles. The first kappa shape index (κ1) is 18.9. The fraction of sp³-hybridized carbons (Fsp3) is 0.867. The molecular formula is C15H28FNO3. The fourth-order valence-electron chi connectivity index (χ4n) is 1.96. The molecule has 0 radical (unpaired) electrons. The summed E-state index contributed by atoms with van der Waals surface area (Å²) in [6, 6.07) is 0. The Bertz CT molecular complexity index is 293. The third-order valence-corrected chi connectivity index (χ3v) is 3.33. The van der Waals surface area contributed by atoms with Crippen molar-refractivity contribution in [2.45, 2.75) is 77.3 Å². The van der Waals surface area contributed by atoms with Crippen LogP contribution in [-0.2, 0) is 9.59 Å². The maximum atomic E-state index is 14.1. The monoisotopic (exact) mass is 289 g/mol. The lowest BCUT2D eigenvalue weighted by Crippen LogP contribution is -2.41. The van der Waals surface area contributed by atoms with Crippen molar-refractivity contribution in [2.75, 3.05) is 6.54 Å². The van der Waals surface area contributed by atoms with Crippen molar-refractivity contribution in [3.05, 3.63) is 0 Å². The molecule has 1 amide bonds. The number of carbonyl (C=O) groups is 2. The second-order valence-electron chi connectivity index (χ2n) is 5.47. The molecule has 0 aromatic heterocycles. The van der Waals surface area contributed by atoms with Crippen LogP contribution in [0.1, 0.15) is 71.6 Å². The first-order valence-electron chi connectivity index (χ1n) is 7.59. The van der Waals surface area contributed by atoms with E-state index in [1.165, 1.54) is 6.92 Å². The quantitative estimate of drug-likeness (QED) is 0.541. The van der Waals surface area contributed by atoms with Gasteiger partial charge < -0.3 is 10.4 Å². The number of carboxylic acids is 1. The highest BCUT2D eigenvalue weighted by atomic mass is 19.1. The lowest BCUT2D eigenvalue weighted by molar-refractivity contribution is -0.137. The van der Waals surface area contributed by atoms with Gasteiger partial charge in [0.05, 0.1) is 0 Å². The number of alkyl halides is 1. The predicted molar refractivity (Wildman–Crippen MR) is 77.4 cm³/mol. The molecule has 2 N–H and O–H groups in total. The smallest absolute Gasteiger partial charge is 0.303 e. The van der Waals surface area contributed by atoms with E-state index in [0.717, 1.165) is 32.1 Å². The Kier molecular flexibility index (Phi) is 10.0. The van der Waals surface area contributed by atoms with E-state index in [0.29, 0.717) is 19.4 Å². The Morgan fingerprint density at radius 1 is 1.10 bits per heavy atom. The first-order valence-corrected chi connectivity index (χ1v) is 7.59. The van der Waals surface area contributed by atoms with Gasteiger partial charge in [0.25, 0.3) is 5.91 Å². The minimum absolute atomic E-state index is 0.145. The Hall–Kier alpha value is -1.13. The summed E-state index contributed by atoms with van der Waals surface area (Å²) in [6.45, 7) is 3.83. The topological polar surface area (TPSA) is 66.4 Å². The van der Waals surface area contributed by atoms with E-state index in [-0.39, 0.29) is 12.8 Å². The van der Waals surface area contributed by atoms with Crippen molar-refractivity contribution >= 4 is 11.9 Å². The SMILES string of the molecule is CCCCCCC(C)(F)C(=O)NCCCCCC(=O)O. The minimum Gasteiger partial charge on any atom is -0.481 e. The molecular weight excluding hydrogens is 261 g/mol. The van der Waals surface area contributed by atoms with Gasteiger partial charge >= 0.3 is 5.97 Å². The average Bonchev–Trinajstić information content (AvgIpc) is 2.38. The normalized spacial score (nSPS) is 13.8. The van der Waals surface area contributed by atoms with Crippen LogP contribution in [0.25, 0.3) is 0 Å². The third-order valence-electron chi connectivity index (χ3n) is 3.33. The number of aliphatic carboxylic acids is 1. The van der Waals surface area contributed by atoms with Gasteiger partial charge in [-0.25, -0.2) is 4.39 Å². The number of halogens is 1. The second kappa shape index (κ2) is 10.6. The molecule has 4 nitrogen and oxygen atoms in total. The third kappa shape index (κ3) is 9.75. The molecule has 1 unspecified atom stereocenters. The zero-order valence-electron chi connectivity index (χ0n) is 12.7. The van der Waals surface area contributed by atoms with Gasteiger partial charge in [-0.1, -0.05) is 32.6 Å². The second-order valence-corrected chi connectivity index (χ2v) is 5.47. The van der Waals surface area contributed by atoms with E-state index in [9.17, 15) is 14.0 Å². The highest BCUT2D eigenvalue weighted by molar-refractivity contribution is 5.84. The number of hydrogen-bond acceptors (Lipinski definition) is 2. The summed E-state index contributed by atoms with van der Waals surface area (Å²) in [5.41, 5.74) is -1.80. The van der Waals surface area contributed by atoms with Crippen LogP contribution in [0.2, 0.25) is 0 Å². The van der Waals surface area contributed by atoms with Gasteiger partial charge in [-0.05, 0) is 32.6 Å². The van der Waals surface area contributed by atoms with Crippen LogP contribution in [-0.4, -0.2) is 29.2 Å². The summed E-state index contributed by atoms with van der Waals surface area (Å²) in [5.74, 6) is -1.36. The molecule has 0 aliphatic rings. The lowest BCUT2D eigenvalue weighted by atomic mass is 9.98. The summed E-state index contributed by atoms with van der Waals surface area (Å²) in [7, 11) is 0. The molecule has 0 heterocycles. The van der Waals surface area contributed by atoms with Crippen LogP contribution in [0.4, 0.5) is 4.39 Å². The van der Waals surface area contributed by atoms with Crippen LogP contribution in [0.15, 0.2) is 0 Å². The molecule has 0 rings (SSSR count). The Balaban J connectivity index is 3.69. The van der Waals surface area contributed by atoms with Gasteiger partial charge in [-0.3, -0.25) is 9.59 Å². The standard InChI is InChI=1S/C15H28FNO3/c1-3-4-5-8-11-15(2,16)14(20)17-12-9-6-7-10-13(18)19/h3-12H2,1-2H3,(H,17,20)(H,18,19).